The molecule has 1 aliphatic heterocycles. The van der Waals surface area contributed by atoms with Crippen molar-refractivity contribution in [3.05, 3.63) is 59.7 Å². The summed E-state index contributed by atoms with van der Waals surface area (Å²) < 4.78 is 2.17. The van der Waals surface area contributed by atoms with Crippen molar-refractivity contribution in [2.75, 3.05) is 0 Å². The van der Waals surface area contributed by atoms with Crippen molar-refractivity contribution in [3.63, 3.8) is 0 Å². The fraction of sp³-hybridized carbons (Fsp3) is 0.381. The van der Waals surface area contributed by atoms with Gasteiger partial charge in [-0.2, -0.15) is 0 Å². The lowest BCUT2D eigenvalue weighted by atomic mass is 10.0. The van der Waals surface area contributed by atoms with E-state index >= 15 is 0 Å². The quantitative estimate of drug-likeness (QED) is 0.768. The Morgan fingerprint density at radius 3 is 2.77 bits per heavy atom. The van der Waals surface area contributed by atoms with Gasteiger partial charge in [0.25, 0.3) is 0 Å². The van der Waals surface area contributed by atoms with Crippen LogP contribution in [0.1, 0.15) is 43.5 Å². The predicted molar refractivity (Wildman–Crippen MR) is 102 cm³/mol. The highest BCUT2D eigenvalue weighted by Crippen LogP contribution is 2.25. The van der Waals surface area contributed by atoms with E-state index in [9.17, 15) is 4.79 Å². The van der Waals surface area contributed by atoms with Gasteiger partial charge in [0.05, 0.1) is 12.5 Å². The summed E-state index contributed by atoms with van der Waals surface area (Å²) in [6, 6.07) is 14.3. The summed E-state index contributed by atoms with van der Waals surface area (Å²) in [7, 11) is 0. The molecule has 5 nitrogen and oxygen atoms in total. The van der Waals surface area contributed by atoms with E-state index in [2.05, 4.69) is 58.2 Å². The number of nitrogens with one attached hydrogen (secondary N) is 1. The van der Waals surface area contributed by atoms with Gasteiger partial charge in [0.1, 0.15) is 5.82 Å². The van der Waals surface area contributed by atoms with E-state index < -0.39 is 0 Å². The number of hydrogen-bond acceptors (Lipinski definition) is 3. The van der Waals surface area contributed by atoms with Gasteiger partial charge >= 0.3 is 0 Å². The molecule has 0 spiro atoms. The van der Waals surface area contributed by atoms with Crippen LogP contribution in [-0.2, 0) is 24.2 Å². The first-order chi connectivity index (χ1) is 12.6. The fourth-order valence-electron chi connectivity index (χ4n) is 3.69. The number of amides is 1. The van der Waals surface area contributed by atoms with Crippen LogP contribution in [0.5, 0.6) is 0 Å². The van der Waals surface area contributed by atoms with Crippen molar-refractivity contribution < 1.29 is 4.79 Å². The van der Waals surface area contributed by atoms with Crippen LogP contribution in [0, 0.1) is 5.92 Å². The highest BCUT2D eigenvalue weighted by atomic mass is 16.1. The highest BCUT2D eigenvalue weighted by Gasteiger charge is 2.27. The van der Waals surface area contributed by atoms with Crippen molar-refractivity contribution >= 4 is 16.7 Å². The lowest BCUT2D eigenvalue weighted by Gasteiger charge is -2.22. The first kappa shape index (κ1) is 16.8. The standard InChI is InChI=1S/C21H24N4O/c1-14(2)20(21-24-23-18-8-5-11-25(18)21)22-19(26)13-15-9-10-16-6-3-4-7-17(16)12-15/h3-4,6-7,9-10,12,14,20H,5,8,11,13H2,1-2H3,(H,22,26)/t20-/m1/s1. The Bertz CT molecular complexity index is 944. The lowest BCUT2D eigenvalue weighted by Crippen LogP contribution is -2.34. The van der Waals surface area contributed by atoms with Gasteiger partial charge in [-0.1, -0.05) is 56.3 Å². The molecular formula is C21H24N4O. The van der Waals surface area contributed by atoms with E-state index in [1.807, 2.05) is 18.2 Å². The molecule has 1 aliphatic rings. The first-order valence-electron chi connectivity index (χ1n) is 9.31. The van der Waals surface area contributed by atoms with E-state index in [4.69, 9.17) is 0 Å². The third-order valence-corrected chi connectivity index (χ3v) is 5.08. The molecule has 2 heterocycles. The van der Waals surface area contributed by atoms with Crippen LogP contribution in [0.4, 0.5) is 0 Å². The summed E-state index contributed by atoms with van der Waals surface area (Å²) >= 11 is 0. The normalized spacial score (nSPS) is 14.6. The maximum atomic E-state index is 12.7. The van der Waals surface area contributed by atoms with E-state index in [0.717, 1.165) is 42.0 Å². The Labute approximate surface area is 153 Å². The van der Waals surface area contributed by atoms with Gasteiger partial charge in [0.15, 0.2) is 5.82 Å². The molecule has 0 radical (unpaired) electrons. The van der Waals surface area contributed by atoms with Crippen LogP contribution in [0.2, 0.25) is 0 Å². The summed E-state index contributed by atoms with van der Waals surface area (Å²) in [6.45, 7) is 5.16. The van der Waals surface area contributed by atoms with Gasteiger partial charge in [0.2, 0.25) is 5.91 Å². The zero-order valence-electron chi connectivity index (χ0n) is 15.3. The molecule has 26 heavy (non-hydrogen) atoms. The zero-order valence-corrected chi connectivity index (χ0v) is 15.3. The summed E-state index contributed by atoms with van der Waals surface area (Å²) in [5.41, 5.74) is 1.02. The number of benzene rings is 2. The highest BCUT2D eigenvalue weighted by molar-refractivity contribution is 5.85. The molecule has 0 bridgehead atoms. The van der Waals surface area contributed by atoms with E-state index in [1.54, 1.807) is 0 Å². The van der Waals surface area contributed by atoms with Gasteiger partial charge in [0, 0.05) is 13.0 Å². The number of aromatic nitrogens is 3. The fourth-order valence-corrected chi connectivity index (χ4v) is 3.69. The Kier molecular flexibility index (Phi) is 4.45. The first-order valence-corrected chi connectivity index (χ1v) is 9.31. The number of carbonyl (C=O) groups excluding carboxylic acids is 1. The molecule has 0 aliphatic carbocycles. The second-order valence-electron chi connectivity index (χ2n) is 7.38. The van der Waals surface area contributed by atoms with E-state index in [-0.39, 0.29) is 17.9 Å². The topological polar surface area (TPSA) is 59.8 Å². The lowest BCUT2D eigenvalue weighted by molar-refractivity contribution is -0.121. The van der Waals surface area contributed by atoms with E-state index in [1.165, 1.54) is 5.39 Å². The average molecular weight is 348 g/mol. The number of carbonyl (C=O) groups is 1. The summed E-state index contributed by atoms with van der Waals surface area (Å²) in [4.78, 5) is 12.7. The van der Waals surface area contributed by atoms with Gasteiger partial charge in [-0.3, -0.25) is 4.79 Å². The second kappa shape index (κ2) is 6.90. The molecule has 3 aromatic rings. The number of nitrogens with zero attached hydrogens (tertiary/aromatic N) is 3. The molecule has 4 rings (SSSR count). The molecule has 5 heteroatoms. The molecule has 0 saturated heterocycles. The molecule has 1 aromatic heterocycles. The largest absolute Gasteiger partial charge is 0.346 e. The monoisotopic (exact) mass is 348 g/mol. The average Bonchev–Trinajstić information content (AvgIpc) is 3.23. The smallest absolute Gasteiger partial charge is 0.225 e. The minimum atomic E-state index is -0.109. The second-order valence-corrected chi connectivity index (χ2v) is 7.38. The third kappa shape index (κ3) is 3.21. The molecule has 1 atom stereocenters. The number of fused-ring (bicyclic) bond motifs is 2. The number of rotatable bonds is 5. The van der Waals surface area contributed by atoms with Crippen LogP contribution < -0.4 is 5.32 Å². The van der Waals surface area contributed by atoms with Crippen molar-refractivity contribution in [2.45, 2.75) is 45.7 Å². The SMILES string of the molecule is CC(C)[C@@H](NC(=O)Cc1ccc2ccccc2c1)c1nnc2n1CCC2. The Hall–Kier alpha value is -2.69. The summed E-state index contributed by atoms with van der Waals surface area (Å²) in [6.07, 6.45) is 2.45. The van der Waals surface area contributed by atoms with Crippen LogP contribution >= 0.6 is 0 Å². The predicted octanol–water partition coefficient (Wildman–Crippen LogP) is 3.43. The van der Waals surface area contributed by atoms with E-state index in [0.29, 0.717) is 6.42 Å². The van der Waals surface area contributed by atoms with Crippen molar-refractivity contribution in [2.24, 2.45) is 5.92 Å². The Balaban J connectivity index is 1.51. The molecule has 1 N–H and O–H groups in total. The minimum Gasteiger partial charge on any atom is -0.346 e. The van der Waals surface area contributed by atoms with Gasteiger partial charge in [-0.05, 0) is 28.7 Å². The number of aryl methyl sites for hydroxylation is 1. The van der Waals surface area contributed by atoms with Crippen LogP contribution in [0.15, 0.2) is 42.5 Å². The van der Waals surface area contributed by atoms with Crippen molar-refractivity contribution in [1.29, 1.82) is 0 Å². The molecule has 0 saturated carbocycles. The maximum absolute atomic E-state index is 12.7. The molecule has 1 amide bonds. The van der Waals surface area contributed by atoms with Gasteiger partial charge in [-0.15, -0.1) is 10.2 Å². The Morgan fingerprint density at radius 2 is 1.96 bits per heavy atom. The molecule has 0 fully saturated rings. The van der Waals surface area contributed by atoms with Gasteiger partial charge < -0.3 is 9.88 Å². The number of hydrogen-bond donors (Lipinski definition) is 1. The molecular weight excluding hydrogens is 324 g/mol. The Morgan fingerprint density at radius 1 is 1.15 bits per heavy atom. The van der Waals surface area contributed by atoms with Crippen molar-refractivity contribution in [1.82, 2.24) is 20.1 Å². The summed E-state index contributed by atoms with van der Waals surface area (Å²) in [5, 5.41) is 14.2. The maximum Gasteiger partial charge on any atom is 0.225 e. The van der Waals surface area contributed by atoms with Crippen LogP contribution in [0.3, 0.4) is 0 Å². The third-order valence-electron chi connectivity index (χ3n) is 5.08. The van der Waals surface area contributed by atoms with Gasteiger partial charge in [-0.25, -0.2) is 0 Å². The molecule has 0 unspecified atom stereocenters. The van der Waals surface area contributed by atoms with Crippen LogP contribution in [0.25, 0.3) is 10.8 Å². The van der Waals surface area contributed by atoms with Crippen molar-refractivity contribution in [3.8, 4) is 0 Å². The minimum absolute atomic E-state index is 0.0225. The molecule has 134 valence electrons. The zero-order chi connectivity index (χ0) is 18.1. The summed E-state index contributed by atoms with van der Waals surface area (Å²) in [5.74, 6) is 2.20. The van der Waals surface area contributed by atoms with Crippen LogP contribution in [-0.4, -0.2) is 20.7 Å². The molecule has 2 aromatic carbocycles.